The summed E-state index contributed by atoms with van der Waals surface area (Å²) in [4.78, 5) is 14.7. The minimum atomic E-state index is -0.944. The van der Waals surface area contributed by atoms with Gasteiger partial charge in [-0.3, -0.25) is 9.36 Å². The van der Waals surface area contributed by atoms with Gasteiger partial charge in [0.15, 0.2) is 0 Å². The topological polar surface area (TPSA) is 81.1 Å². The zero-order valence-corrected chi connectivity index (χ0v) is 9.23. The number of anilines is 1. The molecule has 0 atom stereocenters. The quantitative estimate of drug-likeness (QED) is 0.865. The number of carboxylic acids is 1. The van der Waals surface area contributed by atoms with Gasteiger partial charge in [0.05, 0.1) is 11.0 Å². The van der Waals surface area contributed by atoms with Crippen molar-refractivity contribution in [2.75, 3.05) is 5.73 Å². The van der Waals surface area contributed by atoms with Crippen LogP contribution in [0.15, 0.2) is 22.7 Å². The van der Waals surface area contributed by atoms with E-state index in [-0.39, 0.29) is 12.5 Å². The number of fused-ring (bicyclic) bond motifs is 1. The molecule has 0 aliphatic carbocycles. The Morgan fingerprint density at radius 3 is 3.00 bits per heavy atom. The molecule has 0 aliphatic rings. The van der Waals surface area contributed by atoms with Crippen LogP contribution in [0.2, 0.25) is 0 Å². The number of rotatable bonds is 2. The lowest BCUT2D eigenvalue weighted by molar-refractivity contribution is -0.137. The lowest BCUT2D eigenvalue weighted by Gasteiger charge is -2.01. The first-order chi connectivity index (χ1) is 7.08. The maximum atomic E-state index is 10.6. The van der Waals surface area contributed by atoms with Crippen molar-refractivity contribution >= 4 is 38.9 Å². The van der Waals surface area contributed by atoms with Gasteiger partial charge < -0.3 is 10.8 Å². The summed E-state index contributed by atoms with van der Waals surface area (Å²) in [6.45, 7) is -0.182. The molecule has 2 aromatic rings. The van der Waals surface area contributed by atoms with Crippen molar-refractivity contribution in [2.24, 2.45) is 0 Å². The van der Waals surface area contributed by atoms with Crippen molar-refractivity contribution in [3.8, 4) is 0 Å². The Morgan fingerprint density at radius 1 is 1.60 bits per heavy atom. The highest BCUT2D eigenvalue weighted by molar-refractivity contribution is 9.10. The fourth-order valence-electron chi connectivity index (χ4n) is 1.42. The normalized spacial score (nSPS) is 10.7. The molecule has 6 heteroatoms. The summed E-state index contributed by atoms with van der Waals surface area (Å²) in [5.41, 5.74) is 7.03. The Morgan fingerprint density at radius 2 is 2.33 bits per heavy atom. The number of carboxylic acid groups (broad SMARTS) is 1. The summed E-state index contributed by atoms with van der Waals surface area (Å²) >= 11 is 3.31. The van der Waals surface area contributed by atoms with Crippen LogP contribution in [0.1, 0.15) is 0 Å². The second-order valence-electron chi connectivity index (χ2n) is 3.08. The SMILES string of the molecule is Nc1nc2ccc(Br)cc2n1CC(=O)O. The van der Waals surface area contributed by atoms with Crippen LogP contribution < -0.4 is 5.73 Å². The highest BCUT2D eigenvalue weighted by Crippen LogP contribution is 2.21. The fourth-order valence-corrected chi connectivity index (χ4v) is 1.76. The molecule has 3 N–H and O–H groups in total. The molecule has 15 heavy (non-hydrogen) atoms. The third-order valence-corrected chi connectivity index (χ3v) is 2.53. The van der Waals surface area contributed by atoms with E-state index >= 15 is 0 Å². The first-order valence-electron chi connectivity index (χ1n) is 4.21. The van der Waals surface area contributed by atoms with Crippen LogP contribution >= 0.6 is 15.9 Å². The molecule has 2 rings (SSSR count). The van der Waals surface area contributed by atoms with E-state index in [9.17, 15) is 4.79 Å². The van der Waals surface area contributed by atoms with E-state index in [1.807, 2.05) is 6.07 Å². The third kappa shape index (κ3) is 1.80. The maximum Gasteiger partial charge on any atom is 0.323 e. The van der Waals surface area contributed by atoms with Gasteiger partial charge in [0, 0.05) is 4.47 Å². The number of nitrogen functional groups attached to an aromatic ring is 1. The first-order valence-corrected chi connectivity index (χ1v) is 5.00. The number of halogens is 1. The van der Waals surface area contributed by atoms with Gasteiger partial charge in [-0.2, -0.15) is 0 Å². The Balaban J connectivity index is 2.65. The van der Waals surface area contributed by atoms with Crippen LogP contribution in [0.4, 0.5) is 5.95 Å². The van der Waals surface area contributed by atoms with E-state index in [1.165, 1.54) is 4.57 Å². The molecule has 0 saturated heterocycles. The number of benzene rings is 1. The lowest BCUT2D eigenvalue weighted by atomic mass is 10.3. The van der Waals surface area contributed by atoms with Crippen molar-refractivity contribution in [3.05, 3.63) is 22.7 Å². The summed E-state index contributed by atoms with van der Waals surface area (Å²) in [5.74, 6) is -0.730. The molecule has 78 valence electrons. The highest BCUT2D eigenvalue weighted by atomic mass is 79.9. The molecule has 0 saturated carbocycles. The van der Waals surface area contributed by atoms with E-state index in [0.717, 1.165) is 4.47 Å². The highest BCUT2D eigenvalue weighted by Gasteiger charge is 2.10. The second kappa shape index (κ2) is 3.54. The molecule has 0 spiro atoms. The summed E-state index contributed by atoms with van der Waals surface area (Å²) in [5, 5.41) is 8.72. The molecule has 5 nitrogen and oxygen atoms in total. The number of aliphatic carboxylic acids is 1. The summed E-state index contributed by atoms with van der Waals surface area (Å²) in [6.07, 6.45) is 0. The maximum absolute atomic E-state index is 10.6. The molecular formula is C9H8BrN3O2. The number of carbonyl (C=O) groups is 1. The third-order valence-electron chi connectivity index (χ3n) is 2.03. The molecule has 0 bridgehead atoms. The van der Waals surface area contributed by atoms with Crippen LogP contribution in [0.25, 0.3) is 11.0 Å². The average molecular weight is 270 g/mol. The van der Waals surface area contributed by atoms with Gasteiger partial charge in [-0.1, -0.05) is 15.9 Å². The summed E-state index contributed by atoms with van der Waals surface area (Å²) in [6, 6.07) is 5.41. The van der Waals surface area contributed by atoms with Crippen molar-refractivity contribution in [3.63, 3.8) is 0 Å². The Labute approximate surface area is 93.6 Å². The standard InChI is InChI=1S/C9H8BrN3O2/c10-5-1-2-6-7(3-5)13(4-8(14)15)9(11)12-6/h1-3H,4H2,(H2,11,12)(H,14,15). The van der Waals surface area contributed by atoms with E-state index in [2.05, 4.69) is 20.9 Å². The number of imidazole rings is 1. The van der Waals surface area contributed by atoms with Gasteiger partial charge in [0.2, 0.25) is 5.95 Å². The average Bonchev–Trinajstić information content (AvgIpc) is 2.43. The molecule has 0 amide bonds. The second-order valence-corrected chi connectivity index (χ2v) is 4.00. The summed E-state index contributed by atoms with van der Waals surface area (Å²) < 4.78 is 2.32. The number of hydrogen-bond acceptors (Lipinski definition) is 3. The number of nitrogens with two attached hydrogens (primary N) is 1. The van der Waals surface area contributed by atoms with Crippen LogP contribution in [-0.4, -0.2) is 20.6 Å². The molecule has 0 radical (unpaired) electrons. The molecule has 0 aliphatic heterocycles. The van der Waals surface area contributed by atoms with Gasteiger partial charge in [-0.05, 0) is 18.2 Å². The van der Waals surface area contributed by atoms with Gasteiger partial charge >= 0.3 is 5.97 Å². The molecule has 1 aromatic carbocycles. The molecule has 0 fully saturated rings. The Hall–Kier alpha value is -1.56. The van der Waals surface area contributed by atoms with Crippen LogP contribution in [0, 0.1) is 0 Å². The molecular weight excluding hydrogens is 262 g/mol. The zero-order chi connectivity index (χ0) is 11.0. The van der Waals surface area contributed by atoms with Gasteiger partial charge in [0.25, 0.3) is 0 Å². The zero-order valence-electron chi connectivity index (χ0n) is 7.64. The van der Waals surface area contributed by atoms with Gasteiger partial charge in [0.1, 0.15) is 6.54 Å². The van der Waals surface area contributed by atoms with Crippen molar-refractivity contribution in [2.45, 2.75) is 6.54 Å². The van der Waals surface area contributed by atoms with Gasteiger partial charge in [-0.15, -0.1) is 0 Å². The van der Waals surface area contributed by atoms with E-state index in [1.54, 1.807) is 12.1 Å². The molecule has 1 heterocycles. The Kier molecular flexibility index (Phi) is 2.36. The largest absolute Gasteiger partial charge is 0.480 e. The van der Waals surface area contributed by atoms with Crippen molar-refractivity contribution in [1.29, 1.82) is 0 Å². The first kappa shape index (κ1) is 9.97. The Bertz CT molecular complexity index is 535. The number of nitrogens with zero attached hydrogens (tertiary/aromatic N) is 2. The van der Waals surface area contributed by atoms with E-state index in [0.29, 0.717) is 11.0 Å². The van der Waals surface area contributed by atoms with Gasteiger partial charge in [-0.25, -0.2) is 4.98 Å². The van der Waals surface area contributed by atoms with Crippen LogP contribution in [0.3, 0.4) is 0 Å². The number of aromatic nitrogens is 2. The van der Waals surface area contributed by atoms with E-state index < -0.39 is 5.97 Å². The number of hydrogen-bond donors (Lipinski definition) is 2. The fraction of sp³-hybridized carbons (Fsp3) is 0.111. The lowest BCUT2D eigenvalue weighted by Crippen LogP contribution is -2.11. The molecule has 0 unspecified atom stereocenters. The predicted octanol–water partition coefficient (Wildman–Crippen LogP) is 1.47. The summed E-state index contributed by atoms with van der Waals surface area (Å²) in [7, 11) is 0. The minimum absolute atomic E-state index is 0.182. The minimum Gasteiger partial charge on any atom is -0.480 e. The van der Waals surface area contributed by atoms with Crippen molar-refractivity contribution < 1.29 is 9.90 Å². The van der Waals surface area contributed by atoms with Crippen molar-refractivity contribution in [1.82, 2.24) is 9.55 Å². The monoisotopic (exact) mass is 269 g/mol. The van der Waals surface area contributed by atoms with E-state index in [4.69, 9.17) is 10.8 Å². The van der Waals surface area contributed by atoms with Crippen LogP contribution in [-0.2, 0) is 11.3 Å². The van der Waals surface area contributed by atoms with Crippen LogP contribution in [0.5, 0.6) is 0 Å². The predicted molar refractivity (Wildman–Crippen MR) is 59.5 cm³/mol. The molecule has 1 aromatic heterocycles. The smallest absolute Gasteiger partial charge is 0.323 e.